The Balaban J connectivity index is 1.54. The van der Waals surface area contributed by atoms with Gasteiger partial charge in [-0.1, -0.05) is 115 Å². The van der Waals surface area contributed by atoms with Crippen molar-refractivity contribution in [1.29, 1.82) is 0 Å². The van der Waals surface area contributed by atoms with Gasteiger partial charge in [-0.15, -0.1) is 0 Å². The molecule has 0 unspecified atom stereocenters. The maximum atomic E-state index is 14.6. The molecule has 1 aliphatic carbocycles. The van der Waals surface area contributed by atoms with Crippen LogP contribution in [0.3, 0.4) is 0 Å². The fourth-order valence-corrected chi connectivity index (χ4v) is 7.37. The van der Waals surface area contributed by atoms with Gasteiger partial charge < -0.3 is 10.2 Å². The van der Waals surface area contributed by atoms with Crippen molar-refractivity contribution in [3.05, 3.63) is 131 Å². The number of sulfonamides is 1. The highest BCUT2D eigenvalue weighted by Crippen LogP contribution is 2.26. The monoisotopic (exact) mass is 637 g/mol. The summed E-state index contributed by atoms with van der Waals surface area (Å²) in [6, 6.07) is 32.1. The van der Waals surface area contributed by atoms with E-state index in [2.05, 4.69) is 5.32 Å². The highest BCUT2D eigenvalue weighted by molar-refractivity contribution is 7.92. The average Bonchev–Trinajstić information content (AvgIpc) is 3.07. The molecule has 4 aromatic rings. The van der Waals surface area contributed by atoms with Gasteiger partial charge in [0.25, 0.3) is 10.0 Å². The molecule has 4 aromatic carbocycles. The van der Waals surface area contributed by atoms with Crippen LogP contribution in [-0.2, 0) is 32.6 Å². The number of aryl methyl sites for hydroxylation is 2. The first-order valence-electron chi connectivity index (χ1n) is 16.0. The zero-order valence-corrected chi connectivity index (χ0v) is 27.5. The second-order valence-corrected chi connectivity index (χ2v) is 14.1. The first-order chi connectivity index (χ1) is 22.2. The SMILES string of the molecule is Cc1ccc(N(CC(=O)N(Cc2ccccc2)[C@@H](Cc2ccccc2)C(=O)NC2CCCCC2)S(=O)(=O)c2ccc(C)cc2)cc1. The summed E-state index contributed by atoms with van der Waals surface area (Å²) in [5, 5.41) is 3.25. The zero-order valence-electron chi connectivity index (χ0n) is 26.6. The van der Waals surface area contributed by atoms with Crippen molar-refractivity contribution in [3.63, 3.8) is 0 Å². The molecule has 46 heavy (non-hydrogen) atoms. The van der Waals surface area contributed by atoms with Crippen LogP contribution in [0.25, 0.3) is 0 Å². The smallest absolute Gasteiger partial charge is 0.264 e. The number of anilines is 1. The molecule has 240 valence electrons. The van der Waals surface area contributed by atoms with Crippen LogP contribution >= 0.6 is 0 Å². The first kappa shape index (κ1) is 32.9. The van der Waals surface area contributed by atoms with Gasteiger partial charge in [0.15, 0.2) is 0 Å². The van der Waals surface area contributed by atoms with E-state index in [1.165, 1.54) is 0 Å². The van der Waals surface area contributed by atoms with Gasteiger partial charge in [0.05, 0.1) is 10.6 Å². The molecule has 1 N–H and O–H groups in total. The Hall–Kier alpha value is -4.43. The number of rotatable bonds is 12. The van der Waals surface area contributed by atoms with E-state index in [4.69, 9.17) is 0 Å². The highest BCUT2D eigenvalue weighted by Gasteiger charge is 2.35. The number of carbonyl (C=O) groups is 2. The molecule has 1 fully saturated rings. The number of amides is 2. The first-order valence-corrected chi connectivity index (χ1v) is 17.5. The molecular formula is C38H43N3O4S. The summed E-state index contributed by atoms with van der Waals surface area (Å²) < 4.78 is 29.5. The van der Waals surface area contributed by atoms with E-state index < -0.39 is 28.5 Å². The maximum absolute atomic E-state index is 14.6. The largest absolute Gasteiger partial charge is 0.352 e. The molecule has 0 heterocycles. The lowest BCUT2D eigenvalue weighted by atomic mass is 9.94. The van der Waals surface area contributed by atoms with Crippen LogP contribution in [0.5, 0.6) is 0 Å². The summed E-state index contributed by atoms with van der Waals surface area (Å²) >= 11 is 0. The van der Waals surface area contributed by atoms with Crippen molar-refractivity contribution in [2.24, 2.45) is 0 Å². The average molecular weight is 638 g/mol. The lowest BCUT2D eigenvalue weighted by molar-refractivity contribution is -0.140. The Bertz CT molecular complexity index is 1690. The number of nitrogens with zero attached hydrogens (tertiary/aromatic N) is 2. The van der Waals surface area contributed by atoms with Gasteiger partial charge in [0.1, 0.15) is 12.6 Å². The van der Waals surface area contributed by atoms with Crippen molar-refractivity contribution in [3.8, 4) is 0 Å². The van der Waals surface area contributed by atoms with E-state index in [9.17, 15) is 18.0 Å². The van der Waals surface area contributed by atoms with Gasteiger partial charge in [0, 0.05) is 19.0 Å². The predicted octanol–water partition coefficient (Wildman–Crippen LogP) is 6.59. The van der Waals surface area contributed by atoms with Gasteiger partial charge >= 0.3 is 0 Å². The number of nitrogens with one attached hydrogen (secondary N) is 1. The Morgan fingerprint density at radius 3 is 1.87 bits per heavy atom. The summed E-state index contributed by atoms with van der Waals surface area (Å²) in [6.07, 6.45) is 5.39. The van der Waals surface area contributed by atoms with Crippen LogP contribution in [0.4, 0.5) is 5.69 Å². The van der Waals surface area contributed by atoms with Crippen molar-refractivity contribution in [2.45, 2.75) is 75.9 Å². The summed E-state index contributed by atoms with van der Waals surface area (Å²) in [6.45, 7) is 3.51. The molecule has 0 saturated heterocycles. The van der Waals surface area contributed by atoms with Crippen LogP contribution in [0.2, 0.25) is 0 Å². The molecule has 2 amide bonds. The van der Waals surface area contributed by atoms with Crippen LogP contribution in [0, 0.1) is 13.8 Å². The minimum absolute atomic E-state index is 0.0548. The van der Waals surface area contributed by atoms with Crippen molar-refractivity contribution in [2.75, 3.05) is 10.8 Å². The van der Waals surface area contributed by atoms with Gasteiger partial charge in [-0.2, -0.15) is 0 Å². The fourth-order valence-electron chi connectivity index (χ4n) is 5.96. The topological polar surface area (TPSA) is 86.8 Å². The number of hydrogen-bond donors (Lipinski definition) is 1. The minimum Gasteiger partial charge on any atom is -0.352 e. The second kappa shape index (κ2) is 15.2. The predicted molar refractivity (Wildman–Crippen MR) is 183 cm³/mol. The van der Waals surface area contributed by atoms with Crippen LogP contribution in [-0.4, -0.2) is 43.8 Å². The van der Waals surface area contributed by atoms with E-state index in [1.54, 1.807) is 41.3 Å². The van der Waals surface area contributed by atoms with Crippen molar-refractivity contribution in [1.82, 2.24) is 10.2 Å². The van der Waals surface area contributed by atoms with Crippen molar-refractivity contribution < 1.29 is 18.0 Å². The molecule has 1 aliphatic rings. The van der Waals surface area contributed by atoms with Crippen LogP contribution in [0.15, 0.2) is 114 Å². The third-order valence-electron chi connectivity index (χ3n) is 8.63. The van der Waals surface area contributed by atoms with Crippen molar-refractivity contribution >= 4 is 27.5 Å². The lowest BCUT2D eigenvalue weighted by Gasteiger charge is -2.35. The number of hydrogen-bond acceptors (Lipinski definition) is 4. The molecule has 0 aromatic heterocycles. The molecule has 1 saturated carbocycles. The van der Waals surface area contributed by atoms with Gasteiger partial charge in [-0.05, 0) is 62.1 Å². The molecule has 5 rings (SSSR count). The summed E-state index contributed by atoms with van der Waals surface area (Å²) in [7, 11) is -4.13. The second-order valence-electron chi connectivity index (χ2n) is 12.2. The van der Waals surface area contributed by atoms with Gasteiger partial charge in [-0.3, -0.25) is 13.9 Å². The van der Waals surface area contributed by atoms with E-state index >= 15 is 0 Å². The normalized spacial score (nSPS) is 14.3. The molecule has 0 aliphatic heterocycles. The van der Waals surface area contributed by atoms with E-state index in [0.29, 0.717) is 12.1 Å². The molecule has 1 atom stereocenters. The van der Waals surface area contributed by atoms with E-state index in [0.717, 1.165) is 58.7 Å². The Labute approximate surface area is 273 Å². The maximum Gasteiger partial charge on any atom is 0.264 e. The quantitative estimate of drug-likeness (QED) is 0.190. The Morgan fingerprint density at radius 2 is 1.28 bits per heavy atom. The van der Waals surface area contributed by atoms with Gasteiger partial charge in [0.2, 0.25) is 11.8 Å². The standard InChI is InChI=1S/C38H43N3O4S/c1-29-18-22-34(23-19-29)41(46(44,45)35-24-20-30(2)21-25-35)28-37(42)40(27-32-14-8-4-9-15-32)36(26-31-12-6-3-7-13-31)38(43)39-33-16-10-5-11-17-33/h3-4,6-9,12-15,18-25,33,36H,5,10-11,16-17,26-28H2,1-2H3,(H,39,43)/t36-/m0/s1. The third kappa shape index (κ3) is 8.43. The molecule has 0 bridgehead atoms. The molecule has 8 heteroatoms. The molecule has 0 radical (unpaired) electrons. The molecule has 0 spiro atoms. The zero-order chi connectivity index (χ0) is 32.5. The van der Waals surface area contributed by atoms with Crippen LogP contribution in [0.1, 0.15) is 54.4 Å². The van der Waals surface area contributed by atoms with E-state index in [1.807, 2.05) is 86.6 Å². The van der Waals surface area contributed by atoms with Crippen LogP contribution < -0.4 is 9.62 Å². The van der Waals surface area contributed by atoms with E-state index in [-0.39, 0.29) is 23.4 Å². The summed E-state index contributed by atoms with van der Waals surface area (Å²) in [5.41, 5.74) is 4.04. The molecular weight excluding hydrogens is 595 g/mol. The third-order valence-corrected chi connectivity index (χ3v) is 10.4. The Morgan fingerprint density at radius 1 is 0.739 bits per heavy atom. The minimum atomic E-state index is -4.13. The Kier molecular flexibility index (Phi) is 10.9. The summed E-state index contributed by atoms with van der Waals surface area (Å²) in [4.78, 5) is 30.4. The lowest BCUT2D eigenvalue weighted by Crippen LogP contribution is -2.55. The highest BCUT2D eigenvalue weighted by atomic mass is 32.2. The summed E-state index contributed by atoms with van der Waals surface area (Å²) in [5.74, 6) is -0.678. The number of carbonyl (C=O) groups excluding carboxylic acids is 2. The van der Waals surface area contributed by atoms with Gasteiger partial charge in [-0.25, -0.2) is 8.42 Å². The molecule has 7 nitrogen and oxygen atoms in total. The number of benzene rings is 4. The fraction of sp³-hybridized carbons (Fsp3) is 0.316.